The molecule has 29 heavy (non-hydrogen) atoms. The highest BCUT2D eigenvalue weighted by Crippen LogP contribution is 2.22. The lowest BCUT2D eigenvalue weighted by atomic mass is 9.89. The lowest BCUT2D eigenvalue weighted by molar-refractivity contribution is 0.486. The minimum absolute atomic E-state index is 0.349. The number of aromatic nitrogens is 2. The standard InChI is InChI=1S/C23H29N5O/c1-16(2)21(19-6-5-11-25-12-19)14-27-23(24-4)26-13-20-15-29-22(28-20)18-9-7-17(3)8-10-18/h5-12,15-16,21H,13-14H2,1-4H3,(H2,24,26,27). The van der Waals surface area contributed by atoms with E-state index in [9.17, 15) is 0 Å². The summed E-state index contributed by atoms with van der Waals surface area (Å²) in [4.78, 5) is 13.1. The highest BCUT2D eigenvalue weighted by Gasteiger charge is 2.16. The number of aryl methyl sites for hydroxylation is 1. The summed E-state index contributed by atoms with van der Waals surface area (Å²) in [6.45, 7) is 7.81. The normalized spacial score (nSPS) is 12.8. The summed E-state index contributed by atoms with van der Waals surface area (Å²) in [5, 5.41) is 6.72. The van der Waals surface area contributed by atoms with E-state index in [1.807, 2.05) is 24.4 Å². The molecule has 0 aliphatic rings. The first-order valence-electron chi connectivity index (χ1n) is 9.92. The summed E-state index contributed by atoms with van der Waals surface area (Å²) in [6, 6.07) is 12.2. The Hall–Kier alpha value is -3.15. The fourth-order valence-electron chi connectivity index (χ4n) is 3.15. The molecule has 0 saturated carbocycles. The molecule has 2 N–H and O–H groups in total. The average molecular weight is 392 g/mol. The van der Waals surface area contributed by atoms with Gasteiger partial charge in [-0.2, -0.15) is 0 Å². The number of hydrogen-bond donors (Lipinski definition) is 2. The minimum atomic E-state index is 0.349. The molecule has 0 spiro atoms. The second-order valence-corrected chi connectivity index (χ2v) is 7.45. The highest BCUT2D eigenvalue weighted by molar-refractivity contribution is 5.79. The highest BCUT2D eigenvalue weighted by atomic mass is 16.3. The molecule has 2 heterocycles. The van der Waals surface area contributed by atoms with Crippen molar-refractivity contribution < 1.29 is 4.42 Å². The van der Waals surface area contributed by atoms with Gasteiger partial charge in [-0.3, -0.25) is 9.98 Å². The van der Waals surface area contributed by atoms with Crippen molar-refractivity contribution in [2.75, 3.05) is 13.6 Å². The van der Waals surface area contributed by atoms with Crippen LogP contribution in [0.25, 0.3) is 11.5 Å². The largest absolute Gasteiger partial charge is 0.444 e. The molecule has 0 radical (unpaired) electrons. The second-order valence-electron chi connectivity index (χ2n) is 7.45. The Labute approximate surface area is 172 Å². The molecule has 3 rings (SSSR count). The first kappa shape index (κ1) is 20.6. The molecule has 1 atom stereocenters. The lowest BCUT2D eigenvalue weighted by Gasteiger charge is -2.22. The number of pyridine rings is 1. The molecule has 0 aliphatic carbocycles. The maximum Gasteiger partial charge on any atom is 0.226 e. The van der Waals surface area contributed by atoms with Crippen LogP contribution < -0.4 is 10.6 Å². The number of oxazole rings is 1. The summed E-state index contributed by atoms with van der Waals surface area (Å²) >= 11 is 0. The monoisotopic (exact) mass is 391 g/mol. The Bertz CT molecular complexity index is 916. The summed E-state index contributed by atoms with van der Waals surface area (Å²) in [7, 11) is 1.77. The van der Waals surface area contributed by atoms with E-state index >= 15 is 0 Å². The number of aliphatic imine (C=N–C) groups is 1. The van der Waals surface area contributed by atoms with E-state index in [4.69, 9.17) is 4.42 Å². The van der Waals surface area contributed by atoms with Crippen LogP contribution in [0.3, 0.4) is 0 Å². The third-order valence-corrected chi connectivity index (χ3v) is 4.92. The number of nitrogens with one attached hydrogen (secondary N) is 2. The zero-order valence-electron chi connectivity index (χ0n) is 17.5. The molecule has 152 valence electrons. The first-order valence-corrected chi connectivity index (χ1v) is 9.92. The Balaban J connectivity index is 1.56. The predicted molar refractivity (Wildman–Crippen MR) is 117 cm³/mol. The molecular weight excluding hydrogens is 362 g/mol. The van der Waals surface area contributed by atoms with Gasteiger partial charge in [-0.1, -0.05) is 37.6 Å². The topological polar surface area (TPSA) is 75.3 Å². The van der Waals surface area contributed by atoms with Gasteiger partial charge in [-0.25, -0.2) is 4.98 Å². The van der Waals surface area contributed by atoms with Gasteiger partial charge in [-0.15, -0.1) is 0 Å². The first-order chi connectivity index (χ1) is 14.1. The van der Waals surface area contributed by atoms with Crippen molar-refractivity contribution in [2.24, 2.45) is 10.9 Å². The van der Waals surface area contributed by atoms with Crippen LogP contribution in [0.5, 0.6) is 0 Å². The van der Waals surface area contributed by atoms with Crippen molar-refractivity contribution in [3.63, 3.8) is 0 Å². The smallest absolute Gasteiger partial charge is 0.226 e. The van der Waals surface area contributed by atoms with Crippen LogP contribution in [0.1, 0.15) is 36.6 Å². The van der Waals surface area contributed by atoms with Crippen molar-refractivity contribution in [1.29, 1.82) is 0 Å². The van der Waals surface area contributed by atoms with Crippen LogP contribution in [0.4, 0.5) is 0 Å². The number of hydrogen-bond acceptors (Lipinski definition) is 4. The van der Waals surface area contributed by atoms with Crippen LogP contribution in [-0.2, 0) is 6.54 Å². The van der Waals surface area contributed by atoms with Crippen molar-refractivity contribution in [3.8, 4) is 11.5 Å². The van der Waals surface area contributed by atoms with E-state index in [0.29, 0.717) is 24.3 Å². The number of guanidine groups is 1. The number of rotatable bonds is 7. The number of benzene rings is 1. The van der Waals surface area contributed by atoms with Crippen molar-refractivity contribution in [3.05, 3.63) is 71.9 Å². The molecule has 6 nitrogen and oxygen atoms in total. The van der Waals surface area contributed by atoms with Gasteiger partial charge in [0.05, 0.1) is 12.2 Å². The number of nitrogens with zero attached hydrogens (tertiary/aromatic N) is 3. The van der Waals surface area contributed by atoms with Crippen LogP contribution in [0.2, 0.25) is 0 Å². The zero-order valence-corrected chi connectivity index (χ0v) is 17.5. The molecule has 0 saturated heterocycles. The SMILES string of the molecule is CN=C(NCc1coc(-c2ccc(C)cc2)n1)NCC(c1cccnc1)C(C)C. The summed E-state index contributed by atoms with van der Waals surface area (Å²) in [6.07, 6.45) is 5.42. The average Bonchev–Trinajstić information content (AvgIpc) is 3.20. The van der Waals surface area contributed by atoms with Gasteiger partial charge in [0.1, 0.15) is 6.26 Å². The van der Waals surface area contributed by atoms with Crippen LogP contribution in [-0.4, -0.2) is 29.5 Å². The molecule has 3 aromatic rings. The van der Waals surface area contributed by atoms with E-state index in [2.05, 4.69) is 64.6 Å². The van der Waals surface area contributed by atoms with Gasteiger partial charge in [0, 0.05) is 37.5 Å². The molecule has 1 aromatic carbocycles. The van der Waals surface area contributed by atoms with E-state index in [1.165, 1.54) is 11.1 Å². The van der Waals surface area contributed by atoms with E-state index in [-0.39, 0.29) is 0 Å². The van der Waals surface area contributed by atoms with E-state index in [1.54, 1.807) is 19.5 Å². The minimum Gasteiger partial charge on any atom is -0.444 e. The van der Waals surface area contributed by atoms with Gasteiger partial charge in [0.15, 0.2) is 5.96 Å². The maximum atomic E-state index is 5.63. The molecule has 0 aliphatic heterocycles. The Morgan fingerprint density at radius 1 is 1.14 bits per heavy atom. The molecular formula is C23H29N5O. The molecule has 1 unspecified atom stereocenters. The van der Waals surface area contributed by atoms with Gasteiger partial charge < -0.3 is 15.1 Å². The maximum absolute atomic E-state index is 5.63. The predicted octanol–water partition coefficient (Wildman–Crippen LogP) is 4.15. The Morgan fingerprint density at radius 3 is 2.59 bits per heavy atom. The summed E-state index contributed by atoms with van der Waals surface area (Å²) < 4.78 is 5.63. The van der Waals surface area contributed by atoms with Gasteiger partial charge in [0.2, 0.25) is 5.89 Å². The zero-order chi connectivity index (χ0) is 20.6. The molecule has 2 aromatic heterocycles. The van der Waals surface area contributed by atoms with Crippen molar-refractivity contribution >= 4 is 5.96 Å². The molecule has 0 amide bonds. The molecule has 0 fully saturated rings. The van der Waals surface area contributed by atoms with E-state index < -0.39 is 0 Å². The quantitative estimate of drug-likeness (QED) is 0.467. The second kappa shape index (κ2) is 9.87. The van der Waals surface area contributed by atoms with Gasteiger partial charge >= 0.3 is 0 Å². The van der Waals surface area contributed by atoms with Crippen LogP contribution in [0.15, 0.2) is 64.5 Å². The molecule has 0 bridgehead atoms. The Kier molecular flexibility index (Phi) is 7.00. The van der Waals surface area contributed by atoms with E-state index in [0.717, 1.165) is 23.8 Å². The van der Waals surface area contributed by atoms with Gasteiger partial charge in [0.25, 0.3) is 0 Å². The third-order valence-electron chi connectivity index (χ3n) is 4.92. The fourth-order valence-corrected chi connectivity index (χ4v) is 3.15. The summed E-state index contributed by atoms with van der Waals surface area (Å²) in [5.41, 5.74) is 4.24. The molecule has 6 heteroatoms. The lowest BCUT2D eigenvalue weighted by Crippen LogP contribution is -2.39. The van der Waals surface area contributed by atoms with Crippen LogP contribution >= 0.6 is 0 Å². The summed E-state index contributed by atoms with van der Waals surface area (Å²) in [5.74, 6) is 2.19. The van der Waals surface area contributed by atoms with Crippen molar-refractivity contribution in [1.82, 2.24) is 20.6 Å². The third kappa shape index (κ3) is 5.67. The van der Waals surface area contributed by atoms with Crippen LogP contribution in [0, 0.1) is 12.8 Å². The van der Waals surface area contributed by atoms with Gasteiger partial charge in [-0.05, 0) is 36.6 Å². The van der Waals surface area contributed by atoms with Crippen molar-refractivity contribution in [2.45, 2.75) is 33.2 Å². The Morgan fingerprint density at radius 2 is 1.93 bits per heavy atom. The fraction of sp³-hybridized carbons (Fsp3) is 0.348.